The Morgan fingerprint density at radius 3 is 2.96 bits per heavy atom. The van der Waals surface area contributed by atoms with E-state index in [1.54, 1.807) is 18.1 Å². The molecule has 0 saturated heterocycles. The van der Waals surface area contributed by atoms with Crippen molar-refractivity contribution in [3.63, 3.8) is 0 Å². The highest BCUT2D eigenvalue weighted by Crippen LogP contribution is 2.29. The number of allylic oxidation sites excluding steroid dienone is 3. The van der Waals surface area contributed by atoms with Gasteiger partial charge in [-0.25, -0.2) is 0 Å². The molecule has 0 saturated carbocycles. The third-order valence-electron chi connectivity index (χ3n) is 4.27. The lowest BCUT2D eigenvalue weighted by atomic mass is 10.0. The van der Waals surface area contributed by atoms with E-state index in [0.717, 1.165) is 46.1 Å². The van der Waals surface area contributed by atoms with Crippen LogP contribution in [0.15, 0.2) is 41.9 Å². The van der Waals surface area contributed by atoms with Crippen molar-refractivity contribution in [1.82, 2.24) is 20.1 Å². The lowest BCUT2D eigenvalue weighted by molar-refractivity contribution is -0.133. The third-order valence-corrected chi connectivity index (χ3v) is 4.27. The molecule has 25 heavy (non-hydrogen) atoms. The number of rotatable bonds is 4. The van der Waals surface area contributed by atoms with E-state index in [2.05, 4.69) is 15.2 Å². The molecular weight excluding hydrogens is 316 g/mol. The van der Waals surface area contributed by atoms with E-state index in [4.69, 9.17) is 4.74 Å². The van der Waals surface area contributed by atoms with Crippen LogP contribution in [0.4, 0.5) is 0 Å². The molecule has 2 aromatic heterocycles. The molecule has 1 aliphatic heterocycles. The maximum atomic E-state index is 12.0. The number of amides is 1. The normalized spacial score (nSPS) is 15.6. The van der Waals surface area contributed by atoms with Crippen molar-refractivity contribution >= 4 is 11.5 Å². The van der Waals surface area contributed by atoms with Crippen LogP contribution in [-0.4, -0.2) is 39.6 Å². The number of hydrogen-bond donors (Lipinski definition) is 1. The summed E-state index contributed by atoms with van der Waals surface area (Å²) < 4.78 is 5.58. The second kappa shape index (κ2) is 6.93. The van der Waals surface area contributed by atoms with Gasteiger partial charge in [0.25, 0.3) is 5.91 Å². The summed E-state index contributed by atoms with van der Waals surface area (Å²) in [6, 6.07) is 5.88. The van der Waals surface area contributed by atoms with Crippen molar-refractivity contribution in [2.75, 3.05) is 13.7 Å². The Hall–Kier alpha value is -2.89. The number of carbonyl (C=O) groups is 1. The number of carbonyl (C=O) groups excluding carboxylic acids is 1. The summed E-state index contributed by atoms with van der Waals surface area (Å²) >= 11 is 0. The summed E-state index contributed by atoms with van der Waals surface area (Å²) in [6.45, 7) is 6.07. The molecule has 1 amide bonds. The van der Waals surface area contributed by atoms with Gasteiger partial charge in [-0.2, -0.15) is 5.10 Å². The van der Waals surface area contributed by atoms with Crippen molar-refractivity contribution in [3.05, 3.63) is 53.2 Å². The number of nitrogens with zero attached hydrogens (tertiary/aromatic N) is 3. The van der Waals surface area contributed by atoms with Crippen LogP contribution in [0.25, 0.3) is 17.0 Å². The summed E-state index contributed by atoms with van der Waals surface area (Å²) in [4.78, 5) is 18.2. The Balaban J connectivity index is 2.03. The number of pyridine rings is 1. The molecule has 0 fully saturated rings. The first-order valence-electron chi connectivity index (χ1n) is 8.29. The zero-order chi connectivity index (χ0) is 18.0. The molecule has 0 spiro atoms. The van der Waals surface area contributed by atoms with Gasteiger partial charge in [0.05, 0.1) is 23.3 Å². The standard InChI is InChI=1S/C19H22N4O2/c1-5-17-16(23(4)18(24)11-25-17)9-12(2)14-10-20-22-19(14)15-8-6-7-13(3)21-15/h6-10H,5,11H2,1-4H3,(H,20,22)/b12-9+. The number of H-pyrrole nitrogens is 1. The number of aryl methyl sites for hydroxylation is 1. The van der Waals surface area contributed by atoms with Gasteiger partial charge >= 0.3 is 0 Å². The van der Waals surface area contributed by atoms with Crippen LogP contribution in [0.5, 0.6) is 0 Å². The van der Waals surface area contributed by atoms with Crippen molar-refractivity contribution < 1.29 is 9.53 Å². The number of nitrogens with one attached hydrogen (secondary N) is 1. The molecule has 0 aliphatic carbocycles. The number of aromatic nitrogens is 3. The van der Waals surface area contributed by atoms with Crippen LogP contribution in [0.2, 0.25) is 0 Å². The minimum atomic E-state index is -0.0518. The van der Waals surface area contributed by atoms with Gasteiger partial charge in [-0.05, 0) is 37.6 Å². The number of aromatic amines is 1. The fourth-order valence-corrected chi connectivity index (χ4v) is 2.85. The molecule has 0 bridgehead atoms. The smallest absolute Gasteiger partial charge is 0.264 e. The zero-order valence-corrected chi connectivity index (χ0v) is 15.0. The van der Waals surface area contributed by atoms with E-state index in [0.29, 0.717) is 0 Å². The van der Waals surface area contributed by atoms with Gasteiger partial charge in [0.1, 0.15) is 5.76 Å². The van der Waals surface area contributed by atoms with Gasteiger partial charge in [-0.3, -0.25) is 14.9 Å². The molecule has 130 valence electrons. The quantitative estimate of drug-likeness (QED) is 0.928. The topological polar surface area (TPSA) is 71.1 Å². The minimum Gasteiger partial charge on any atom is -0.486 e. The Bertz CT molecular complexity index is 864. The molecule has 0 atom stereocenters. The van der Waals surface area contributed by atoms with E-state index in [1.807, 2.05) is 45.0 Å². The van der Waals surface area contributed by atoms with Crippen LogP contribution in [-0.2, 0) is 9.53 Å². The van der Waals surface area contributed by atoms with Crippen molar-refractivity contribution in [1.29, 1.82) is 0 Å². The third kappa shape index (κ3) is 3.33. The Morgan fingerprint density at radius 2 is 2.24 bits per heavy atom. The lowest BCUT2D eigenvalue weighted by Crippen LogP contribution is -2.34. The number of ether oxygens (including phenoxy) is 1. The van der Waals surface area contributed by atoms with Crippen LogP contribution < -0.4 is 0 Å². The summed E-state index contributed by atoms with van der Waals surface area (Å²) in [6.07, 6.45) is 4.48. The fourth-order valence-electron chi connectivity index (χ4n) is 2.85. The van der Waals surface area contributed by atoms with Crippen molar-refractivity contribution in [3.8, 4) is 11.4 Å². The van der Waals surface area contributed by atoms with Crippen LogP contribution in [0.3, 0.4) is 0 Å². The molecule has 1 aliphatic rings. The Labute approximate surface area is 147 Å². The van der Waals surface area contributed by atoms with Gasteiger partial charge in [0, 0.05) is 24.7 Å². The molecule has 6 heteroatoms. The Kier molecular flexibility index (Phi) is 4.70. The molecule has 1 N–H and O–H groups in total. The van der Waals surface area contributed by atoms with E-state index in [1.165, 1.54) is 0 Å². The summed E-state index contributed by atoms with van der Waals surface area (Å²) in [7, 11) is 1.78. The van der Waals surface area contributed by atoms with Crippen LogP contribution in [0.1, 0.15) is 31.5 Å². The molecule has 0 radical (unpaired) electrons. The summed E-state index contributed by atoms with van der Waals surface area (Å²) in [5, 5.41) is 7.21. The highest BCUT2D eigenvalue weighted by Gasteiger charge is 2.23. The number of likely N-dealkylation sites (N-methyl/N-ethyl adjacent to an activating group) is 1. The second-order valence-corrected chi connectivity index (χ2v) is 6.05. The predicted molar refractivity (Wildman–Crippen MR) is 96.2 cm³/mol. The first-order valence-corrected chi connectivity index (χ1v) is 8.29. The summed E-state index contributed by atoms with van der Waals surface area (Å²) in [5.41, 5.74) is 5.38. The molecule has 6 nitrogen and oxygen atoms in total. The maximum Gasteiger partial charge on any atom is 0.264 e. The van der Waals surface area contributed by atoms with Gasteiger partial charge in [0.15, 0.2) is 6.61 Å². The molecule has 3 rings (SSSR count). The van der Waals surface area contributed by atoms with E-state index < -0.39 is 0 Å². The average molecular weight is 338 g/mol. The van der Waals surface area contributed by atoms with Crippen molar-refractivity contribution in [2.45, 2.75) is 27.2 Å². The monoisotopic (exact) mass is 338 g/mol. The van der Waals surface area contributed by atoms with Gasteiger partial charge in [0.2, 0.25) is 0 Å². The van der Waals surface area contributed by atoms with E-state index in [-0.39, 0.29) is 12.5 Å². The van der Waals surface area contributed by atoms with Gasteiger partial charge < -0.3 is 9.64 Å². The van der Waals surface area contributed by atoms with Crippen LogP contribution in [0, 0.1) is 6.92 Å². The van der Waals surface area contributed by atoms with Gasteiger partial charge in [-0.15, -0.1) is 0 Å². The SMILES string of the molecule is CCC1=C(/C=C(\C)c2cn[nH]c2-c2cccc(C)n2)N(C)C(=O)CO1. The molecule has 0 aromatic carbocycles. The highest BCUT2D eigenvalue weighted by atomic mass is 16.5. The fraction of sp³-hybridized carbons (Fsp3) is 0.316. The van der Waals surface area contributed by atoms with Crippen molar-refractivity contribution in [2.24, 2.45) is 0 Å². The maximum absolute atomic E-state index is 12.0. The minimum absolute atomic E-state index is 0.0518. The first-order chi connectivity index (χ1) is 12.0. The largest absolute Gasteiger partial charge is 0.486 e. The van der Waals surface area contributed by atoms with Crippen LogP contribution >= 0.6 is 0 Å². The molecule has 0 unspecified atom stereocenters. The van der Waals surface area contributed by atoms with Gasteiger partial charge in [-0.1, -0.05) is 13.0 Å². The molecular formula is C19H22N4O2. The summed E-state index contributed by atoms with van der Waals surface area (Å²) in [5.74, 6) is 0.768. The lowest BCUT2D eigenvalue weighted by Gasteiger charge is -2.27. The highest BCUT2D eigenvalue weighted by molar-refractivity contribution is 5.83. The first kappa shape index (κ1) is 17.0. The predicted octanol–water partition coefficient (Wildman–Crippen LogP) is 3.29. The second-order valence-electron chi connectivity index (χ2n) is 6.05. The zero-order valence-electron chi connectivity index (χ0n) is 15.0. The van der Waals surface area contributed by atoms with E-state index >= 15 is 0 Å². The molecule has 3 heterocycles. The number of hydrogen-bond acceptors (Lipinski definition) is 4. The average Bonchev–Trinajstić information content (AvgIpc) is 3.09. The van der Waals surface area contributed by atoms with E-state index in [9.17, 15) is 4.79 Å². The molecule has 2 aromatic rings. The Morgan fingerprint density at radius 1 is 1.44 bits per heavy atom.